The molecule has 8 heteroatoms. The van der Waals surface area contributed by atoms with E-state index in [9.17, 15) is 18.0 Å². The van der Waals surface area contributed by atoms with E-state index in [1.807, 2.05) is 19.1 Å². The second kappa shape index (κ2) is 9.48. The Labute approximate surface area is 165 Å². The summed E-state index contributed by atoms with van der Waals surface area (Å²) >= 11 is 0. The first kappa shape index (κ1) is 21.6. The molecule has 2 aromatic rings. The van der Waals surface area contributed by atoms with Crippen LogP contribution < -0.4 is 10.0 Å². The molecule has 0 aromatic heterocycles. The minimum Gasteiger partial charge on any atom is -0.449 e. The van der Waals surface area contributed by atoms with Crippen molar-refractivity contribution in [1.82, 2.24) is 4.72 Å². The van der Waals surface area contributed by atoms with Gasteiger partial charge in [-0.15, -0.1) is 0 Å². The fraction of sp³-hybridized carbons (Fsp3) is 0.300. The van der Waals surface area contributed by atoms with Gasteiger partial charge in [-0.3, -0.25) is 4.79 Å². The Morgan fingerprint density at radius 2 is 1.75 bits per heavy atom. The van der Waals surface area contributed by atoms with Crippen LogP contribution in [0, 0.1) is 0 Å². The molecule has 28 heavy (non-hydrogen) atoms. The molecule has 0 radical (unpaired) electrons. The van der Waals surface area contributed by atoms with Crippen molar-refractivity contribution < 1.29 is 22.7 Å². The number of esters is 1. The summed E-state index contributed by atoms with van der Waals surface area (Å²) < 4.78 is 31.6. The van der Waals surface area contributed by atoms with Crippen LogP contribution in [0.15, 0.2) is 53.4 Å². The van der Waals surface area contributed by atoms with Crippen molar-refractivity contribution >= 4 is 27.6 Å². The maximum absolute atomic E-state index is 12.3. The molecule has 0 saturated carbocycles. The number of hydrogen-bond acceptors (Lipinski definition) is 5. The molecule has 0 bridgehead atoms. The van der Waals surface area contributed by atoms with E-state index in [-0.39, 0.29) is 17.0 Å². The van der Waals surface area contributed by atoms with E-state index in [1.165, 1.54) is 31.2 Å². The molecular formula is C20H24N2O5S. The topological polar surface area (TPSA) is 102 Å². The number of amides is 1. The van der Waals surface area contributed by atoms with E-state index in [0.717, 1.165) is 12.0 Å². The molecule has 150 valence electrons. The molecule has 0 aliphatic rings. The van der Waals surface area contributed by atoms with Gasteiger partial charge in [0.1, 0.15) is 0 Å². The Balaban J connectivity index is 2.04. The third-order valence-corrected chi connectivity index (χ3v) is 5.54. The zero-order chi connectivity index (χ0) is 20.7. The predicted molar refractivity (Wildman–Crippen MR) is 107 cm³/mol. The molecule has 0 fully saturated rings. The second-order valence-corrected chi connectivity index (χ2v) is 7.88. The van der Waals surface area contributed by atoms with E-state index < -0.39 is 28.0 Å². The van der Waals surface area contributed by atoms with Crippen molar-refractivity contribution in [3.8, 4) is 0 Å². The first-order valence-corrected chi connectivity index (χ1v) is 10.5. The largest absolute Gasteiger partial charge is 0.449 e. The third-order valence-electron chi connectivity index (χ3n) is 4.00. The zero-order valence-corrected chi connectivity index (χ0v) is 16.9. The van der Waals surface area contributed by atoms with Gasteiger partial charge in [0.15, 0.2) is 6.10 Å². The Morgan fingerprint density at radius 3 is 2.36 bits per heavy atom. The monoisotopic (exact) mass is 404 g/mol. The average Bonchev–Trinajstić information content (AvgIpc) is 2.68. The minimum atomic E-state index is -3.69. The number of nitrogens with one attached hydrogen (secondary N) is 2. The smallest absolute Gasteiger partial charge is 0.338 e. The summed E-state index contributed by atoms with van der Waals surface area (Å²) in [6.45, 7) is 5.37. The molecular weight excluding hydrogens is 380 g/mol. The number of ether oxygens (including phenoxy) is 1. The van der Waals surface area contributed by atoms with E-state index in [0.29, 0.717) is 5.69 Å². The number of anilines is 1. The number of rotatable bonds is 8. The van der Waals surface area contributed by atoms with Gasteiger partial charge < -0.3 is 10.1 Å². The van der Waals surface area contributed by atoms with Crippen LogP contribution in [0.5, 0.6) is 0 Å². The predicted octanol–water partition coefficient (Wildman–Crippen LogP) is 2.73. The van der Waals surface area contributed by atoms with Crippen molar-refractivity contribution in [2.75, 3.05) is 11.9 Å². The highest BCUT2D eigenvalue weighted by molar-refractivity contribution is 7.89. The summed E-state index contributed by atoms with van der Waals surface area (Å²) in [7, 11) is -3.69. The number of sulfonamides is 1. The van der Waals surface area contributed by atoms with Gasteiger partial charge in [-0.2, -0.15) is 0 Å². The van der Waals surface area contributed by atoms with E-state index >= 15 is 0 Å². The molecule has 0 heterocycles. The standard InChI is InChI=1S/C20H24N2O5S/c1-4-15-9-11-17(12-10-15)22-19(23)14(3)27-20(24)16-7-6-8-18(13-16)28(25,26)21-5-2/h6-14,21H,4-5H2,1-3H3,(H,22,23). The number of carbonyl (C=O) groups excluding carboxylic acids is 2. The highest BCUT2D eigenvalue weighted by Crippen LogP contribution is 2.14. The van der Waals surface area contributed by atoms with Gasteiger partial charge in [0.25, 0.3) is 5.91 Å². The molecule has 0 aliphatic heterocycles. The fourth-order valence-electron chi connectivity index (χ4n) is 2.41. The first-order valence-electron chi connectivity index (χ1n) is 8.97. The number of hydrogen-bond donors (Lipinski definition) is 2. The maximum Gasteiger partial charge on any atom is 0.338 e. The van der Waals surface area contributed by atoms with E-state index in [4.69, 9.17) is 4.74 Å². The summed E-state index contributed by atoms with van der Waals surface area (Å²) in [5, 5.41) is 2.68. The van der Waals surface area contributed by atoms with E-state index in [1.54, 1.807) is 19.1 Å². The highest BCUT2D eigenvalue weighted by Gasteiger charge is 2.21. The average molecular weight is 404 g/mol. The van der Waals surface area contributed by atoms with Crippen LogP contribution in [0.4, 0.5) is 5.69 Å². The van der Waals surface area contributed by atoms with Crippen LogP contribution in [0.25, 0.3) is 0 Å². The molecule has 1 unspecified atom stereocenters. The third kappa shape index (κ3) is 5.64. The van der Waals surface area contributed by atoms with Crippen LogP contribution in [-0.4, -0.2) is 32.9 Å². The van der Waals surface area contributed by atoms with Crippen molar-refractivity contribution in [3.63, 3.8) is 0 Å². The number of aryl methyl sites for hydroxylation is 1. The van der Waals surface area contributed by atoms with Gasteiger partial charge >= 0.3 is 5.97 Å². The van der Waals surface area contributed by atoms with Gasteiger partial charge in [0.05, 0.1) is 10.5 Å². The van der Waals surface area contributed by atoms with Crippen LogP contribution in [-0.2, 0) is 26.0 Å². The zero-order valence-electron chi connectivity index (χ0n) is 16.1. The maximum atomic E-state index is 12.3. The van der Waals surface area contributed by atoms with Gasteiger partial charge in [0.2, 0.25) is 10.0 Å². The number of carbonyl (C=O) groups is 2. The van der Waals surface area contributed by atoms with Crippen molar-refractivity contribution in [2.45, 2.75) is 38.2 Å². The second-order valence-electron chi connectivity index (χ2n) is 6.12. The Morgan fingerprint density at radius 1 is 1.07 bits per heavy atom. The molecule has 0 aliphatic carbocycles. The summed E-state index contributed by atoms with van der Waals surface area (Å²) in [6, 6.07) is 12.8. The lowest BCUT2D eigenvalue weighted by Gasteiger charge is -2.14. The minimum absolute atomic E-state index is 0.0445. The quantitative estimate of drug-likeness (QED) is 0.659. The van der Waals surface area contributed by atoms with Gasteiger partial charge in [-0.25, -0.2) is 17.9 Å². The van der Waals surface area contributed by atoms with Crippen LogP contribution in [0.1, 0.15) is 36.7 Å². The van der Waals surface area contributed by atoms with Crippen molar-refractivity contribution in [1.29, 1.82) is 0 Å². The lowest BCUT2D eigenvalue weighted by Crippen LogP contribution is -2.30. The summed E-state index contributed by atoms with van der Waals surface area (Å²) in [5.74, 6) is -1.26. The first-order chi connectivity index (χ1) is 13.3. The molecule has 1 atom stereocenters. The molecule has 2 aromatic carbocycles. The molecule has 7 nitrogen and oxygen atoms in total. The summed E-state index contributed by atoms with van der Waals surface area (Å²) in [6.07, 6.45) is -0.155. The lowest BCUT2D eigenvalue weighted by atomic mass is 10.1. The van der Waals surface area contributed by atoms with Crippen molar-refractivity contribution in [3.05, 3.63) is 59.7 Å². The molecule has 1 amide bonds. The summed E-state index contributed by atoms with van der Waals surface area (Å²) in [4.78, 5) is 24.5. The number of benzene rings is 2. The van der Waals surface area contributed by atoms with Gasteiger partial charge in [-0.05, 0) is 49.2 Å². The molecule has 2 N–H and O–H groups in total. The Hall–Kier alpha value is -2.71. The van der Waals surface area contributed by atoms with E-state index in [2.05, 4.69) is 10.0 Å². The molecule has 0 saturated heterocycles. The Kier molecular flexibility index (Phi) is 7.31. The summed E-state index contributed by atoms with van der Waals surface area (Å²) in [5.41, 5.74) is 1.79. The van der Waals surface area contributed by atoms with Crippen LogP contribution in [0.2, 0.25) is 0 Å². The normalized spacial score (nSPS) is 12.2. The Bertz CT molecular complexity index is 939. The fourth-order valence-corrected chi connectivity index (χ4v) is 3.50. The van der Waals surface area contributed by atoms with Gasteiger partial charge in [-0.1, -0.05) is 32.0 Å². The lowest BCUT2D eigenvalue weighted by molar-refractivity contribution is -0.123. The SMILES string of the molecule is CCNS(=O)(=O)c1cccc(C(=O)OC(C)C(=O)Nc2ccc(CC)cc2)c1. The highest BCUT2D eigenvalue weighted by atomic mass is 32.2. The molecule has 0 spiro atoms. The van der Waals surface area contributed by atoms with Crippen LogP contribution in [0.3, 0.4) is 0 Å². The van der Waals surface area contributed by atoms with Gasteiger partial charge in [0, 0.05) is 12.2 Å². The van der Waals surface area contributed by atoms with Crippen LogP contribution >= 0.6 is 0 Å². The van der Waals surface area contributed by atoms with Crippen molar-refractivity contribution in [2.24, 2.45) is 0 Å². The molecule has 2 rings (SSSR count).